The summed E-state index contributed by atoms with van der Waals surface area (Å²) >= 11 is 0. The van der Waals surface area contributed by atoms with Crippen molar-refractivity contribution in [1.82, 2.24) is 0 Å². The van der Waals surface area contributed by atoms with Crippen LogP contribution in [0.1, 0.15) is 6.92 Å². The molecule has 1 aromatic rings. The molecule has 2 heteroatoms. The van der Waals surface area contributed by atoms with Crippen LogP contribution in [0.3, 0.4) is 0 Å². The third-order valence-electron chi connectivity index (χ3n) is 0.939. The molecule has 12 heavy (non-hydrogen) atoms. The van der Waals surface area contributed by atoms with E-state index in [1.165, 1.54) is 0 Å². The van der Waals surface area contributed by atoms with Gasteiger partial charge in [-0.15, -0.1) is 12.4 Å². The van der Waals surface area contributed by atoms with Crippen LogP contribution in [-0.2, 0) is 4.74 Å². The van der Waals surface area contributed by atoms with Gasteiger partial charge in [0.1, 0.15) is 0 Å². The van der Waals surface area contributed by atoms with Crippen molar-refractivity contribution in [3.8, 4) is 0 Å². The molecule has 0 aliphatic carbocycles. The highest BCUT2D eigenvalue weighted by molar-refractivity contribution is 5.85. The summed E-state index contributed by atoms with van der Waals surface area (Å²) in [7, 11) is 1.62. The van der Waals surface area contributed by atoms with Gasteiger partial charge in [-0.1, -0.05) is 42.5 Å². The van der Waals surface area contributed by atoms with Crippen LogP contribution in [0.4, 0.5) is 0 Å². The SMILES string of the molecule is CC=COC.Cl.c1ccccc1. The Kier molecular flexibility index (Phi) is 14.4. The molecular weight excluding hydrogens is 172 g/mol. The van der Waals surface area contributed by atoms with E-state index in [1.807, 2.05) is 49.4 Å². The Morgan fingerprint density at radius 3 is 1.33 bits per heavy atom. The third-order valence-corrected chi connectivity index (χ3v) is 0.939. The first kappa shape index (κ1) is 13.6. The Balaban J connectivity index is 0. The van der Waals surface area contributed by atoms with Gasteiger partial charge in [0, 0.05) is 0 Å². The summed E-state index contributed by atoms with van der Waals surface area (Å²) in [4.78, 5) is 0. The lowest BCUT2D eigenvalue weighted by Crippen LogP contribution is -1.57. The molecule has 0 N–H and O–H groups in total. The molecule has 0 heterocycles. The van der Waals surface area contributed by atoms with Gasteiger partial charge in [0.2, 0.25) is 0 Å². The summed E-state index contributed by atoms with van der Waals surface area (Å²) in [5.41, 5.74) is 0. The molecule has 0 aliphatic rings. The van der Waals surface area contributed by atoms with Crippen LogP contribution in [-0.4, -0.2) is 7.11 Å². The Bertz CT molecular complexity index is 146. The van der Waals surface area contributed by atoms with Crippen LogP contribution >= 0.6 is 12.4 Å². The normalized spacial score (nSPS) is 7.83. The van der Waals surface area contributed by atoms with Gasteiger partial charge in [-0.3, -0.25) is 0 Å². The standard InChI is InChI=1S/C6H6.C4H8O.ClH/c1-2-4-6-5-3-1;1-3-4-5-2;/h1-6H;3-4H,1-2H3;1H. The maximum absolute atomic E-state index is 4.51. The second-order valence-corrected chi connectivity index (χ2v) is 1.86. The molecule has 0 aromatic heterocycles. The number of halogens is 1. The number of ether oxygens (including phenoxy) is 1. The fourth-order valence-corrected chi connectivity index (χ4v) is 0.521. The van der Waals surface area contributed by atoms with E-state index in [0.717, 1.165) is 0 Å². The molecule has 0 radical (unpaired) electrons. The molecule has 1 rings (SSSR count). The molecule has 0 saturated carbocycles. The molecule has 0 atom stereocenters. The first-order valence-electron chi connectivity index (χ1n) is 3.55. The van der Waals surface area contributed by atoms with E-state index in [0.29, 0.717) is 0 Å². The average molecular weight is 187 g/mol. The molecule has 0 saturated heterocycles. The summed E-state index contributed by atoms with van der Waals surface area (Å²) < 4.78 is 4.51. The van der Waals surface area contributed by atoms with E-state index in [1.54, 1.807) is 13.4 Å². The fraction of sp³-hybridized carbons (Fsp3) is 0.200. The monoisotopic (exact) mass is 186 g/mol. The second-order valence-electron chi connectivity index (χ2n) is 1.86. The topological polar surface area (TPSA) is 9.23 Å². The van der Waals surface area contributed by atoms with Crippen LogP contribution in [0.15, 0.2) is 48.7 Å². The fourth-order valence-electron chi connectivity index (χ4n) is 0.521. The van der Waals surface area contributed by atoms with Gasteiger partial charge < -0.3 is 4.74 Å². The number of hydrogen-bond donors (Lipinski definition) is 0. The molecular formula is C10H15ClO. The third kappa shape index (κ3) is 11.8. The molecule has 0 bridgehead atoms. The van der Waals surface area contributed by atoms with Crippen molar-refractivity contribution < 1.29 is 4.74 Å². The number of methoxy groups -OCH3 is 1. The predicted octanol–water partition coefficient (Wildman–Crippen LogP) is 3.27. The highest BCUT2D eigenvalue weighted by Gasteiger charge is 1.57. The molecule has 1 aromatic carbocycles. The minimum atomic E-state index is 0. The van der Waals surface area contributed by atoms with E-state index in [4.69, 9.17) is 0 Å². The van der Waals surface area contributed by atoms with Gasteiger partial charge in [-0.05, 0) is 6.92 Å². The molecule has 0 amide bonds. The quantitative estimate of drug-likeness (QED) is 0.612. The van der Waals surface area contributed by atoms with E-state index in [2.05, 4.69) is 4.74 Å². The predicted molar refractivity (Wildman–Crippen MR) is 55.5 cm³/mol. The van der Waals surface area contributed by atoms with Crippen molar-refractivity contribution in [2.75, 3.05) is 7.11 Å². The van der Waals surface area contributed by atoms with Crippen LogP contribution in [0.25, 0.3) is 0 Å². The number of rotatable bonds is 1. The first-order valence-corrected chi connectivity index (χ1v) is 3.55. The highest BCUT2D eigenvalue weighted by atomic mass is 35.5. The van der Waals surface area contributed by atoms with Crippen LogP contribution in [0.5, 0.6) is 0 Å². The smallest absolute Gasteiger partial charge is 0.0781 e. The zero-order valence-corrected chi connectivity index (χ0v) is 8.25. The van der Waals surface area contributed by atoms with Gasteiger partial charge in [0.05, 0.1) is 13.4 Å². The summed E-state index contributed by atoms with van der Waals surface area (Å²) in [6.45, 7) is 1.91. The molecule has 0 fully saturated rings. The number of benzene rings is 1. The number of allylic oxidation sites excluding steroid dienone is 1. The first-order chi connectivity index (χ1) is 5.41. The Hall–Kier alpha value is -0.950. The Morgan fingerprint density at radius 1 is 0.917 bits per heavy atom. The molecule has 0 unspecified atom stereocenters. The van der Waals surface area contributed by atoms with Crippen LogP contribution in [0, 0.1) is 0 Å². The van der Waals surface area contributed by atoms with Crippen molar-refractivity contribution in [2.45, 2.75) is 6.92 Å². The largest absolute Gasteiger partial charge is 0.505 e. The van der Waals surface area contributed by atoms with Gasteiger partial charge in [0.15, 0.2) is 0 Å². The van der Waals surface area contributed by atoms with E-state index in [-0.39, 0.29) is 12.4 Å². The van der Waals surface area contributed by atoms with Gasteiger partial charge in [0.25, 0.3) is 0 Å². The van der Waals surface area contributed by atoms with Crippen molar-refractivity contribution in [1.29, 1.82) is 0 Å². The highest BCUT2D eigenvalue weighted by Crippen LogP contribution is 1.79. The van der Waals surface area contributed by atoms with E-state index in [9.17, 15) is 0 Å². The van der Waals surface area contributed by atoms with Crippen molar-refractivity contribution in [2.24, 2.45) is 0 Å². The number of hydrogen-bond acceptors (Lipinski definition) is 1. The van der Waals surface area contributed by atoms with Crippen LogP contribution in [0.2, 0.25) is 0 Å². The zero-order valence-electron chi connectivity index (χ0n) is 7.44. The molecule has 1 nitrogen and oxygen atoms in total. The van der Waals surface area contributed by atoms with Gasteiger partial charge in [-0.25, -0.2) is 0 Å². The van der Waals surface area contributed by atoms with E-state index < -0.39 is 0 Å². The van der Waals surface area contributed by atoms with Gasteiger partial charge >= 0.3 is 0 Å². The minimum absolute atomic E-state index is 0. The minimum Gasteiger partial charge on any atom is -0.505 e. The Labute approximate surface area is 80.5 Å². The summed E-state index contributed by atoms with van der Waals surface area (Å²) in [6.07, 6.45) is 3.46. The van der Waals surface area contributed by atoms with Gasteiger partial charge in [-0.2, -0.15) is 0 Å². The summed E-state index contributed by atoms with van der Waals surface area (Å²) in [6, 6.07) is 12.0. The molecule has 68 valence electrons. The van der Waals surface area contributed by atoms with Crippen molar-refractivity contribution in [3.63, 3.8) is 0 Å². The summed E-state index contributed by atoms with van der Waals surface area (Å²) in [5, 5.41) is 0. The molecule has 0 aliphatic heterocycles. The Morgan fingerprint density at radius 2 is 1.25 bits per heavy atom. The maximum atomic E-state index is 4.51. The average Bonchev–Trinajstić information content (AvgIpc) is 2.10. The van der Waals surface area contributed by atoms with E-state index >= 15 is 0 Å². The lowest BCUT2D eigenvalue weighted by Gasteiger charge is -1.76. The maximum Gasteiger partial charge on any atom is 0.0781 e. The second kappa shape index (κ2) is 12.7. The molecule has 0 spiro atoms. The lowest BCUT2D eigenvalue weighted by atomic mass is 10.4. The van der Waals surface area contributed by atoms with Crippen LogP contribution < -0.4 is 0 Å². The van der Waals surface area contributed by atoms with Crippen molar-refractivity contribution >= 4 is 12.4 Å². The zero-order chi connectivity index (χ0) is 8.36. The summed E-state index contributed by atoms with van der Waals surface area (Å²) in [5.74, 6) is 0. The van der Waals surface area contributed by atoms with Crippen molar-refractivity contribution in [3.05, 3.63) is 48.7 Å². The lowest BCUT2D eigenvalue weighted by molar-refractivity contribution is 0.337.